The Balaban J connectivity index is 4.54. The van der Waals surface area contributed by atoms with Crippen LogP contribution in [0.15, 0.2) is 0 Å². The highest BCUT2D eigenvalue weighted by atomic mass is 79.9. The normalized spacial score (nSPS) is 13.1. The second-order valence-electron chi connectivity index (χ2n) is 2.77. The van der Waals surface area contributed by atoms with Crippen molar-refractivity contribution in [2.45, 2.75) is 25.9 Å². The molecule has 0 saturated carbocycles. The average molecular weight is 325 g/mol. The molecule has 0 spiro atoms. The summed E-state index contributed by atoms with van der Waals surface area (Å²) in [7, 11) is -4.39. The molecule has 0 aromatic carbocycles. The third kappa shape index (κ3) is 4.75. The van der Waals surface area contributed by atoms with Gasteiger partial charge in [0.1, 0.15) is 5.52 Å². The van der Waals surface area contributed by atoms with Crippen molar-refractivity contribution in [3.63, 3.8) is 0 Å². The SMILES string of the molecule is CCOP(=O)(OCC)C(F)(F)CCOCBr. The molecule has 0 aromatic heterocycles. The highest BCUT2D eigenvalue weighted by molar-refractivity contribution is 9.09. The van der Waals surface area contributed by atoms with Gasteiger partial charge in [-0.15, -0.1) is 0 Å². The Labute approximate surface area is 102 Å². The molecule has 0 heterocycles. The lowest BCUT2D eigenvalue weighted by molar-refractivity contribution is 0.0100. The minimum atomic E-state index is -4.39. The summed E-state index contributed by atoms with van der Waals surface area (Å²) in [6, 6.07) is 0. The van der Waals surface area contributed by atoms with Crippen LogP contribution in [0, 0.1) is 0 Å². The van der Waals surface area contributed by atoms with Crippen LogP contribution in [0.2, 0.25) is 0 Å². The van der Waals surface area contributed by atoms with Crippen molar-refractivity contribution in [3.05, 3.63) is 0 Å². The summed E-state index contributed by atoms with van der Waals surface area (Å²) in [5, 5.41) is 0. The second kappa shape index (κ2) is 7.71. The van der Waals surface area contributed by atoms with Gasteiger partial charge in [-0.25, -0.2) is 0 Å². The Morgan fingerprint density at radius 2 is 1.75 bits per heavy atom. The standard InChI is InChI=1S/C8H16BrF2O4P/c1-3-14-16(12,15-4-2)8(10,11)5-6-13-7-9/h3-7H2,1-2H3. The molecule has 0 bridgehead atoms. The number of hydrogen-bond acceptors (Lipinski definition) is 4. The predicted octanol–water partition coefficient (Wildman–Crippen LogP) is 3.60. The van der Waals surface area contributed by atoms with E-state index in [1.165, 1.54) is 13.8 Å². The predicted molar refractivity (Wildman–Crippen MR) is 60.2 cm³/mol. The van der Waals surface area contributed by atoms with Crippen molar-refractivity contribution in [3.8, 4) is 0 Å². The van der Waals surface area contributed by atoms with E-state index >= 15 is 0 Å². The molecule has 0 fully saturated rings. The number of ether oxygens (including phenoxy) is 1. The van der Waals surface area contributed by atoms with E-state index in [9.17, 15) is 13.3 Å². The van der Waals surface area contributed by atoms with Crippen molar-refractivity contribution in [2.75, 3.05) is 25.3 Å². The van der Waals surface area contributed by atoms with E-state index < -0.39 is 19.7 Å². The Hall–Kier alpha value is 0.450. The van der Waals surface area contributed by atoms with Gasteiger partial charge in [0.05, 0.1) is 19.8 Å². The summed E-state index contributed by atoms with van der Waals surface area (Å²) in [5.41, 5.74) is -3.38. The number of alkyl halides is 3. The fourth-order valence-corrected chi connectivity index (χ4v) is 2.68. The van der Waals surface area contributed by atoms with E-state index in [0.29, 0.717) is 0 Å². The van der Waals surface area contributed by atoms with Crippen molar-refractivity contribution in [1.82, 2.24) is 0 Å². The van der Waals surface area contributed by atoms with Crippen molar-refractivity contribution in [1.29, 1.82) is 0 Å². The first-order chi connectivity index (χ1) is 7.43. The van der Waals surface area contributed by atoms with Gasteiger partial charge in [0, 0.05) is 6.42 Å². The van der Waals surface area contributed by atoms with Crippen LogP contribution in [-0.4, -0.2) is 31.0 Å². The van der Waals surface area contributed by atoms with Gasteiger partial charge in [0.2, 0.25) is 0 Å². The molecule has 16 heavy (non-hydrogen) atoms. The maximum absolute atomic E-state index is 13.6. The third-order valence-electron chi connectivity index (χ3n) is 1.62. The molecule has 8 heteroatoms. The fraction of sp³-hybridized carbons (Fsp3) is 1.00. The van der Waals surface area contributed by atoms with Gasteiger partial charge in [-0.2, -0.15) is 8.78 Å². The first-order valence-corrected chi connectivity index (χ1v) is 7.50. The molecule has 0 aliphatic carbocycles. The van der Waals surface area contributed by atoms with Gasteiger partial charge >= 0.3 is 13.3 Å². The summed E-state index contributed by atoms with van der Waals surface area (Å²) in [6.07, 6.45) is -0.699. The molecule has 0 aliphatic heterocycles. The minimum Gasteiger partial charge on any atom is -0.370 e. The molecule has 0 saturated heterocycles. The largest absolute Gasteiger partial charge is 0.399 e. The van der Waals surface area contributed by atoms with Crippen LogP contribution in [0.4, 0.5) is 8.78 Å². The molecule has 98 valence electrons. The van der Waals surface area contributed by atoms with E-state index in [2.05, 4.69) is 25.0 Å². The Kier molecular flexibility index (Phi) is 7.93. The number of hydrogen-bond donors (Lipinski definition) is 0. The van der Waals surface area contributed by atoms with Gasteiger partial charge in [-0.3, -0.25) is 4.57 Å². The van der Waals surface area contributed by atoms with Crippen LogP contribution >= 0.6 is 23.5 Å². The summed E-state index contributed by atoms with van der Waals surface area (Å²) in [6.45, 7) is 2.56. The summed E-state index contributed by atoms with van der Waals surface area (Å²) >= 11 is 2.93. The van der Waals surface area contributed by atoms with E-state index in [0.717, 1.165) is 0 Å². The second-order valence-corrected chi connectivity index (χ2v) is 5.39. The van der Waals surface area contributed by atoms with Crippen LogP contribution < -0.4 is 0 Å². The van der Waals surface area contributed by atoms with Gasteiger partial charge in [0.25, 0.3) is 0 Å². The number of halogens is 3. The zero-order valence-corrected chi connectivity index (χ0v) is 11.7. The highest BCUT2D eigenvalue weighted by Gasteiger charge is 2.52. The molecule has 0 amide bonds. The molecule has 0 radical (unpaired) electrons. The third-order valence-corrected chi connectivity index (χ3v) is 4.17. The molecule has 4 nitrogen and oxygen atoms in total. The van der Waals surface area contributed by atoms with Crippen LogP contribution in [0.1, 0.15) is 20.3 Å². The van der Waals surface area contributed by atoms with Crippen molar-refractivity contribution < 1.29 is 27.1 Å². The van der Waals surface area contributed by atoms with Crippen molar-refractivity contribution in [2.24, 2.45) is 0 Å². The molecule has 0 aliphatic rings. The van der Waals surface area contributed by atoms with Crippen LogP contribution in [-0.2, 0) is 18.3 Å². The van der Waals surface area contributed by atoms with E-state index in [-0.39, 0.29) is 25.3 Å². The Bertz CT molecular complexity index is 230. The minimum absolute atomic E-state index is 0.0911. The van der Waals surface area contributed by atoms with Crippen LogP contribution in [0.5, 0.6) is 0 Å². The summed E-state index contributed by atoms with van der Waals surface area (Å²) in [4.78, 5) is 0. The van der Waals surface area contributed by atoms with Crippen LogP contribution in [0.3, 0.4) is 0 Å². The molecule has 0 aromatic rings. The first-order valence-electron chi connectivity index (χ1n) is 4.84. The summed E-state index contributed by atoms with van der Waals surface area (Å²) < 4.78 is 52.8. The smallest absolute Gasteiger partial charge is 0.370 e. The van der Waals surface area contributed by atoms with Gasteiger partial charge < -0.3 is 13.8 Å². The van der Waals surface area contributed by atoms with E-state index in [1.807, 2.05) is 0 Å². The lowest BCUT2D eigenvalue weighted by Crippen LogP contribution is -2.22. The van der Waals surface area contributed by atoms with E-state index in [1.54, 1.807) is 0 Å². The zero-order valence-electron chi connectivity index (χ0n) is 9.25. The van der Waals surface area contributed by atoms with Gasteiger partial charge in [0.15, 0.2) is 0 Å². The maximum Gasteiger partial charge on any atom is 0.399 e. The number of rotatable bonds is 9. The summed E-state index contributed by atoms with van der Waals surface area (Å²) in [5.74, 6) is 0. The molecular weight excluding hydrogens is 309 g/mol. The first kappa shape index (κ1) is 16.4. The molecule has 0 N–H and O–H groups in total. The monoisotopic (exact) mass is 324 g/mol. The van der Waals surface area contributed by atoms with E-state index in [4.69, 9.17) is 4.74 Å². The Morgan fingerprint density at radius 3 is 2.12 bits per heavy atom. The zero-order chi connectivity index (χ0) is 12.7. The molecule has 0 atom stereocenters. The quantitative estimate of drug-likeness (QED) is 0.369. The van der Waals surface area contributed by atoms with Gasteiger partial charge in [-0.05, 0) is 13.8 Å². The molecular formula is C8H16BrF2O4P. The van der Waals surface area contributed by atoms with Gasteiger partial charge in [-0.1, -0.05) is 15.9 Å². The van der Waals surface area contributed by atoms with Crippen LogP contribution in [0.25, 0.3) is 0 Å². The molecule has 0 unspecified atom stereocenters. The Morgan fingerprint density at radius 1 is 1.25 bits per heavy atom. The topological polar surface area (TPSA) is 44.8 Å². The molecule has 0 rings (SSSR count). The average Bonchev–Trinajstić information content (AvgIpc) is 2.18. The lowest BCUT2D eigenvalue weighted by atomic mass is 10.5. The lowest BCUT2D eigenvalue weighted by Gasteiger charge is -2.25. The highest BCUT2D eigenvalue weighted by Crippen LogP contribution is 2.63. The fourth-order valence-electron chi connectivity index (χ4n) is 0.953. The van der Waals surface area contributed by atoms with Crippen molar-refractivity contribution >= 4 is 23.5 Å². The maximum atomic E-state index is 13.6.